The standard InChI is InChI=1S/C13H18N2O/c1-10(9-11-5-3-2-4-6-11)15-12(16)13(14)7-8-13/h2-6,10H,7-9,14H2,1H3,(H,15,16). The minimum atomic E-state index is -0.565. The molecule has 0 bridgehead atoms. The van der Waals surface area contributed by atoms with Crippen LogP contribution in [-0.2, 0) is 11.2 Å². The first-order chi connectivity index (χ1) is 7.60. The second kappa shape index (κ2) is 4.26. The Bertz CT molecular complexity index is 371. The second-order valence-electron chi connectivity index (χ2n) is 4.72. The number of hydrogen-bond donors (Lipinski definition) is 2. The van der Waals surface area contributed by atoms with Gasteiger partial charge in [-0.05, 0) is 31.7 Å². The molecule has 16 heavy (non-hydrogen) atoms. The molecule has 2 rings (SSSR count). The van der Waals surface area contributed by atoms with E-state index in [1.807, 2.05) is 25.1 Å². The Morgan fingerprint density at radius 1 is 1.44 bits per heavy atom. The smallest absolute Gasteiger partial charge is 0.240 e. The van der Waals surface area contributed by atoms with Crippen LogP contribution in [0.4, 0.5) is 0 Å². The fourth-order valence-electron chi connectivity index (χ4n) is 1.75. The predicted octanol–water partition coefficient (Wildman–Crippen LogP) is 1.23. The molecule has 1 aromatic carbocycles. The van der Waals surface area contributed by atoms with Crippen LogP contribution >= 0.6 is 0 Å². The lowest BCUT2D eigenvalue weighted by atomic mass is 10.1. The Morgan fingerprint density at radius 2 is 2.06 bits per heavy atom. The first-order valence-electron chi connectivity index (χ1n) is 5.74. The Morgan fingerprint density at radius 3 is 2.62 bits per heavy atom. The molecule has 3 heteroatoms. The lowest BCUT2D eigenvalue weighted by molar-refractivity contribution is -0.123. The van der Waals surface area contributed by atoms with Crippen molar-refractivity contribution in [3.05, 3.63) is 35.9 Å². The summed E-state index contributed by atoms with van der Waals surface area (Å²) < 4.78 is 0. The van der Waals surface area contributed by atoms with Gasteiger partial charge in [-0.3, -0.25) is 4.79 Å². The lowest BCUT2D eigenvalue weighted by Crippen LogP contribution is -2.46. The largest absolute Gasteiger partial charge is 0.352 e. The van der Waals surface area contributed by atoms with Crippen molar-refractivity contribution in [1.82, 2.24) is 5.32 Å². The Labute approximate surface area is 96.0 Å². The van der Waals surface area contributed by atoms with E-state index in [2.05, 4.69) is 17.4 Å². The van der Waals surface area contributed by atoms with Crippen molar-refractivity contribution >= 4 is 5.91 Å². The first-order valence-corrected chi connectivity index (χ1v) is 5.74. The van der Waals surface area contributed by atoms with Crippen molar-refractivity contribution in [2.45, 2.75) is 37.8 Å². The van der Waals surface area contributed by atoms with E-state index in [1.54, 1.807) is 0 Å². The van der Waals surface area contributed by atoms with Crippen molar-refractivity contribution in [3.63, 3.8) is 0 Å². The van der Waals surface area contributed by atoms with Gasteiger partial charge in [0.15, 0.2) is 0 Å². The van der Waals surface area contributed by atoms with Crippen LogP contribution in [0.2, 0.25) is 0 Å². The van der Waals surface area contributed by atoms with E-state index in [0.717, 1.165) is 19.3 Å². The maximum Gasteiger partial charge on any atom is 0.240 e. The summed E-state index contributed by atoms with van der Waals surface area (Å²) in [5.41, 5.74) is 6.49. The number of rotatable bonds is 4. The van der Waals surface area contributed by atoms with E-state index in [9.17, 15) is 4.79 Å². The summed E-state index contributed by atoms with van der Waals surface area (Å²) in [4.78, 5) is 11.7. The molecule has 86 valence electrons. The zero-order valence-electron chi connectivity index (χ0n) is 9.57. The minimum Gasteiger partial charge on any atom is -0.352 e. The first kappa shape index (κ1) is 11.1. The van der Waals surface area contributed by atoms with Crippen LogP contribution in [-0.4, -0.2) is 17.5 Å². The van der Waals surface area contributed by atoms with Gasteiger partial charge in [0.2, 0.25) is 5.91 Å². The molecule has 3 nitrogen and oxygen atoms in total. The monoisotopic (exact) mass is 218 g/mol. The Hall–Kier alpha value is -1.35. The van der Waals surface area contributed by atoms with Crippen molar-refractivity contribution < 1.29 is 4.79 Å². The molecule has 0 aliphatic heterocycles. The average molecular weight is 218 g/mol. The third-order valence-corrected chi connectivity index (χ3v) is 3.00. The maximum absolute atomic E-state index is 11.7. The fraction of sp³-hybridized carbons (Fsp3) is 0.462. The molecule has 1 saturated carbocycles. The summed E-state index contributed by atoms with van der Waals surface area (Å²) in [6, 6.07) is 10.3. The normalized spacial score (nSPS) is 18.9. The van der Waals surface area contributed by atoms with Gasteiger partial charge in [-0.2, -0.15) is 0 Å². The molecule has 1 aliphatic rings. The molecule has 0 heterocycles. The second-order valence-corrected chi connectivity index (χ2v) is 4.72. The van der Waals surface area contributed by atoms with E-state index < -0.39 is 5.54 Å². The number of carbonyl (C=O) groups is 1. The summed E-state index contributed by atoms with van der Waals surface area (Å²) in [6.07, 6.45) is 2.48. The highest BCUT2D eigenvalue weighted by Gasteiger charge is 2.46. The third-order valence-electron chi connectivity index (χ3n) is 3.00. The molecule has 1 atom stereocenters. The van der Waals surface area contributed by atoms with Gasteiger partial charge < -0.3 is 11.1 Å². The molecule has 1 fully saturated rings. The average Bonchev–Trinajstić information content (AvgIpc) is 2.99. The van der Waals surface area contributed by atoms with Gasteiger partial charge in [-0.1, -0.05) is 30.3 Å². The Kier molecular flexibility index (Phi) is 2.97. The van der Waals surface area contributed by atoms with E-state index in [-0.39, 0.29) is 11.9 Å². The van der Waals surface area contributed by atoms with Gasteiger partial charge in [0, 0.05) is 6.04 Å². The van der Waals surface area contributed by atoms with Gasteiger partial charge in [0.1, 0.15) is 0 Å². The van der Waals surface area contributed by atoms with Crippen LogP contribution in [0.3, 0.4) is 0 Å². The number of carbonyl (C=O) groups excluding carboxylic acids is 1. The number of hydrogen-bond acceptors (Lipinski definition) is 2. The van der Waals surface area contributed by atoms with Gasteiger partial charge in [0.05, 0.1) is 5.54 Å². The van der Waals surface area contributed by atoms with E-state index in [0.29, 0.717) is 0 Å². The summed E-state index contributed by atoms with van der Waals surface area (Å²) in [6.45, 7) is 2.01. The molecule has 1 aliphatic carbocycles. The van der Waals surface area contributed by atoms with Crippen LogP contribution in [0.1, 0.15) is 25.3 Å². The number of nitrogens with two attached hydrogens (primary N) is 1. The molecule has 0 saturated heterocycles. The minimum absolute atomic E-state index is 0.00377. The summed E-state index contributed by atoms with van der Waals surface area (Å²) >= 11 is 0. The van der Waals surface area contributed by atoms with Gasteiger partial charge in [-0.15, -0.1) is 0 Å². The topological polar surface area (TPSA) is 55.1 Å². The van der Waals surface area contributed by atoms with Crippen LogP contribution in [0.25, 0.3) is 0 Å². The van der Waals surface area contributed by atoms with Crippen molar-refractivity contribution in [3.8, 4) is 0 Å². The highest BCUT2D eigenvalue weighted by atomic mass is 16.2. The van der Waals surface area contributed by atoms with Gasteiger partial charge in [0.25, 0.3) is 0 Å². The molecule has 1 aromatic rings. The number of benzene rings is 1. The van der Waals surface area contributed by atoms with E-state index in [1.165, 1.54) is 5.56 Å². The van der Waals surface area contributed by atoms with Crippen molar-refractivity contribution in [2.75, 3.05) is 0 Å². The Balaban J connectivity index is 1.85. The summed E-state index contributed by atoms with van der Waals surface area (Å²) in [5.74, 6) is -0.00377. The third kappa shape index (κ3) is 2.61. The predicted molar refractivity (Wildman–Crippen MR) is 63.9 cm³/mol. The zero-order valence-corrected chi connectivity index (χ0v) is 9.57. The summed E-state index contributed by atoms with van der Waals surface area (Å²) in [5, 5.41) is 2.97. The van der Waals surface area contributed by atoms with Crippen molar-refractivity contribution in [1.29, 1.82) is 0 Å². The molecule has 0 aromatic heterocycles. The molecule has 0 radical (unpaired) electrons. The SMILES string of the molecule is CC(Cc1ccccc1)NC(=O)C1(N)CC1. The molecular formula is C13H18N2O. The molecule has 1 amide bonds. The fourth-order valence-corrected chi connectivity index (χ4v) is 1.75. The zero-order chi connectivity index (χ0) is 11.6. The van der Waals surface area contributed by atoms with Crippen LogP contribution in [0.5, 0.6) is 0 Å². The van der Waals surface area contributed by atoms with Crippen LogP contribution in [0, 0.1) is 0 Å². The maximum atomic E-state index is 11.7. The highest BCUT2D eigenvalue weighted by molar-refractivity contribution is 5.89. The van der Waals surface area contributed by atoms with Crippen LogP contribution in [0.15, 0.2) is 30.3 Å². The molecule has 0 spiro atoms. The summed E-state index contributed by atoms with van der Waals surface area (Å²) in [7, 11) is 0. The highest BCUT2D eigenvalue weighted by Crippen LogP contribution is 2.32. The van der Waals surface area contributed by atoms with E-state index in [4.69, 9.17) is 5.73 Å². The molecule has 3 N–H and O–H groups in total. The number of amides is 1. The molecule has 1 unspecified atom stereocenters. The van der Waals surface area contributed by atoms with Crippen molar-refractivity contribution in [2.24, 2.45) is 5.73 Å². The number of nitrogens with one attached hydrogen (secondary N) is 1. The quantitative estimate of drug-likeness (QED) is 0.798. The van der Waals surface area contributed by atoms with Gasteiger partial charge >= 0.3 is 0 Å². The van der Waals surface area contributed by atoms with Crippen LogP contribution < -0.4 is 11.1 Å². The molecular weight excluding hydrogens is 200 g/mol. The van der Waals surface area contributed by atoms with E-state index >= 15 is 0 Å². The lowest BCUT2D eigenvalue weighted by Gasteiger charge is -2.16. The van der Waals surface area contributed by atoms with Gasteiger partial charge in [-0.25, -0.2) is 0 Å².